The van der Waals surface area contributed by atoms with E-state index in [-0.39, 0.29) is 6.03 Å². The van der Waals surface area contributed by atoms with E-state index >= 15 is 0 Å². The lowest BCUT2D eigenvalue weighted by Gasteiger charge is -2.34. The molecule has 0 spiro atoms. The SMILES string of the molecule is O=C(Nc1ccccc1-n1ccnn1)N1CCN(Cc2cccnc2)CC1. The number of urea groups is 1. The molecule has 1 fully saturated rings. The highest BCUT2D eigenvalue weighted by Gasteiger charge is 2.22. The van der Waals surface area contributed by atoms with Crippen molar-refractivity contribution in [2.75, 3.05) is 31.5 Å². The number of amides is 2. The number of rotatable bonds is 4. The van der Waals surface area contributed by atoms with E-state index in [4.69, 9.17) is 0 Å². The number of para-hydroxylation sites is 2. The van der Waals surface area contributed by atoms with Gasteiger partial charge in [0.2, 0.25) is 0 Å². The number of hydrogen-bond donors (Lipinski definition) is 1. The van der Waals surface area contributed by atoms with Gasteiger partial charge in [0.25, 0.3) is 0 Å². The predicted molar refractivity (Wildman–Crippen MR) is 101 cm³/mol. The van der Waals surface area contributed by atoms with E-state index in [1.807, 2.05) is 41.4 Å². The molecule has 3 heterocycles. The van der Waals surface area contributed by atoms with Crippen molar-refractivity contribution in [2.24, 2.45) is 0 Å². The molecule has 8 nitrogen and oxygen atoms in total. The number of hydrogen-bond acceptors (Lipinski definition) is 5. The van der Waals surface area contributed by atoms with Crippen LogP contribution in [0.2, 0.25) is 0 Å². The van der Waals surface area contributed by atoms with E-state index in [1.54, 1.807) is 23.3 Å². The van der Waals surface area contributed by atoms with Crippen molar-refractivity contribution >= 4 is 11.7 Å². The number of aromatic nitrogens is 4. The van der Waals surface area contributed by atoms with Crippen molar-refractivity contribution in [1.29, 1.82) is 0 Å². The van der Waals surface area contributed by atoms with Gasteiger partial charge in [0, 0.05) is 45.1 Å². The maximum Gasteiger partial charge on any atom is 0.321 e. The van der Waals surface area contributed by atoms with Crippen LogP contribution in [0.1, 0.15) is 5.56 Å². The van der Waals surface area contributed by atoms with Crippen LogP contribution in [-0.2, 0) is 6.54 Å². The van der Waals surface area contributed by atoms with Gasteiger partial charge >= 0.3 is 6.03 Å². The molecule has 0 saturated carbocycles. The second-order valence-corrected chi connectivity index (χ2v) is 6.42. The molecule has 1 aliphatic heterocycles. The lowest BCUT2D eigenvalue weighted by molar-refractivity contribution is 0.143. The molecule has 1 aromatic carbocycles. The van der Waals surface area contributed by atoms with Gasteiger partial charge in [-0.05, 0) is 23.8 Å². The largest absolute Gasteiger partial charge is 0.322 e. The Balaban J connectivity index is 1.35. The Morgan fingerprint density at radius 1 is 1.04 bits per heavy atom. The summed E-state index contributed by atoms with van der Waals surface area (Å²) in [6.07, 6.45) is 7.03. The summed E-state index contributed by atoms with van der Waals surface area (Å²) in [5.74, 6) is 0. The molecule has 4 rings (SSSR count). The molecule has 2 aromatic heterocycles. The fourth-order valence-electron chi connectivity index (χ4n) is 3.17. The minimum Gasteiger partial charge on any atom is -0.322 e. The zero-order chi connectivity index (χ0) is 18.5. The van der Waals surface area contributed by atoms with Crippen molar-refractivity contribution in [3.63, 3.8) is 0 Å². The van der Waals surface area contributed by atoms with Crippen LogP contribution >= 0.6 is 0 Å². The number of benzene rings is 1. The van der Waals surface area contributed by atoms with Crippen LogP contribution < -0.4 is 5.32 Å². The summed E-state index contributed by atoms with van der Waals surface area (Å²) >= 11 is 0. The van der Waals surface area contributed by atoms with Crippen molar-refractivity contribution in [3.8, 4) is 5.69 Å². The van der Waals surface area contributed by atoms with Gasteiger partial charge in [-0.25, -0.2) is 9.48 Å². The highest BCUT2D eigenvalue weighted by Crippen LogP contribution is 2.19. The van der Waals surface area contributed by atoms with Gasteiger partial charge in [0.15, 0.2) is 0 Å². The maximum atomic E-state index is 12.7. The zero-order valence-corrected chi connectivity index (χ0v) is 14.9. The summed E-state index contributed by atoms with van der Waals surface area (Å²) in [6.45, 7) is 3.92. The van der Waals surface area contributed by atoms with Crippen LogP contribution in [0.25, 0.3) is 5.69 Å². The smallest absolute Gasteiger partial charge is 0.321 e. The van der Waals surface area contributed by atoms with E-state index in [0.717, 1.165) is 25.3 Å². The summed E-state index contributed by atoms with van der Waals surface area (Å²) < 4.78 is 1.64. The van der Waals surface area contributed by atoms with Crippen molar-refractivity contribution in [2.45, 2.75) is 6.54 Å². The first-order valence-electron chi connectivity index (χ1n) is 8.92. The van der Waals surface area contributed by atoms with Gasteiger partial charge in [-0.2, -0.15) is 0 Å². The number of anilines is 1. The van der Waals surface area contributed by atoms with Gasteiger partial charge in [0.05, 0.1) is 23.8 Å². The lowest BCUT2D eigenvalue weighted by atomic mass is 10.2. The molecule has 0 atom stereocenters. The molecule has 0 radical (unpaired) electrons. The van der Waals surface area contributed by atoms with E-state index in [1.165, 1.54) is 5.56 Å². The molecule has 1 saturated heterocycles. The number of nitrogens with one attached hydrogen (secondary N) is 1. The van der Waals surface area contributed by atoms with Crippen molar-refractivity contribution in [1.82, 2.24) is 29.8 Å². The van der Waals surface area contributed by atoms with Crippen LogP contribution in [0.3, 0.4) is 0 Å². The summed E-state index contributed by atoms with van der Waals surface area (Å²) in [5.41, 5.74) is 2.70. The molecular formula is C19H21N7O. The molecule has 0 unspecified atom stereocenters. The standard InChI is InChI=1S/C19H21N7O/c27-19(22-17-5-1-2-6-18(17)26-9-8-21-23-26)25-12-10-24(11-13-25)15-16-4-3-7-20-14-16/h1-9,14H,10-13,15H2,(H,22,27). The minimum atomic E-state index is -0.0939. The highest BCUT2D eigenvalue weighted by molar-refractivity contribution is 5.91. The van der Waals surface area contributed by atoms with Gasteiger partial charge in [-0.1, -0.05) is 23.4 Å². The average Bonchev–Trinajstić information content (AvgIpc) is 3.24. The third-order valence-corrected chi connectivity index (χ3v) is 4.60. The fourth-order valence-corrected chi connectivity index (χ4v) is 3.17. The summed E-state index contributed by atoms with van der Waals surface area (Å²) in [6, 6.07) is 11.5. The van der Waals surface area contributed by atoms with E-state index in [9.17, 15) is 4.79 Å². The first-order valence-corrected chi connectivity index (χ1v) is 8.92. The lowest BCUT2D eigenvalue weighted by Crippen LogP contribution is -2.49. The number of piperazine rings is 1. The molecule has 2 amide bonds. The number of carbonyl (C=O) groups excluding carboxylic acids is 1. The van der Waals surface area contributed by atoms with Gasteiger partial charge in [-0.3, -0.25) is 9.88 Å². The summed E-state index contributed by atoms with van der Waals surface area (Å²) in [5, 5.41) is 10.8. The summed E-state index contributed by atoms with van der Waals surface area (Å²) in [7, 11) is 0. The van der Waals surface area contributed by atoms with Crippen LogP contribution in [0.5, 0.6) is 0 Å². The number of pyridine rings is 1. The zero-order valence-electron chi connectivity index (χ0n) is 14.9. The van der Waals surface area contributed by atoms with E-state index in [2.05, 4.69) is 31.6 Å². The van der Waals surface area contributed by atoms with Gasteiger partial charge in [-0.15, -0.1) is 5.10 Å². The summed E-state index contributed by atoms with van der Waals surface area (Å²) in [4.78, 5) is 21.0. The second-order valence-electron chi connectivity index (χ2n) is 6.42. The van der Waals surface area contributed by atoms with Crippen molar-refractivity contribution in [3.05, 3.63) is 66.7 Å². The van der Waals surface area contributed by atoms with Crippen LogP contribution in [0.15, 0.2) is 61.2 Å². The first-order chi connectivity index (χ1) is 13.3. The second kappa shape index (κ2) is 7.96. The molecule has 0 bridgehead atoms. The van der Waals surface area contributed by atoms with Crippen molar-refractivity contribution < 1.29 is 4.79 Å². The normalized spacial score (nSPS) is 14.9. The highest BCUT2D eigenvalue weighted by atomic mass is 16.2. The first kappa shape index (κ1) is 17.2. The Bertz CT molecular complexity index is 874. The fraction of sp³-hybridized carbons (Fsp3) is 0.263. The van der Waals surface area contributed by atoms with E-state index < -0.39 is 0 Å². The Morgan fingerprint density at radius 3 is 2.63 bits per heavy atom. The number of nitrogens with zero attached hydrogens (tertiary/aromatic N) is 6. The van der Waals surface area contributed by atoms with Crippen LogP contribution in [0, 0.1) is 0 Å². The minimum absolute atomic E-state index is 0.0939. The third kappa shape index (κ3) is 4.12. The Labute approximate surface area is 157 Å². The van der Waals surface area contributed by atoms with E-state index in [0.29, 0.717) is 18.8 Å². The van der Waals surface area contributed by atoms with Crippen LogP contribution in [-0.4, -0.2) is 62.0 Å². The number of carbonyl (C=O) groups is 1. The molecule has 1 N–H and O–H groups in total. The Hall–Kier alpha value is -3.26. The van der Waals surface area contributed by atoms with Gasteiger partial charge in [0.1, 0.15) is 0 Å². The molecule has 138 valence electrons. The predicted octanol–water partition coefficient (Wildman–Crippen LogP) is 2.01. The average molecular weight is 363 g/mol. The molecule has 27 heavy (non-hydrogen) atoms. The molecule has 1 aliphatic rings. The Morgan fingerprint density at radius 2 is 1.89 bits per heavy atom. The topological polar surface area (TPSA) is 79.2 Å². The van der Waals surface area contributed by atoms with Gasteiger partial charge < -0.3 is 10.2 Å². The quantitative estimate of drug-likeness (QED) is 0.767. The maximum absolute atomic E-state index is 12.7. The molecule has 0 aliphatic carbocycles. The molecular weight excluding hydrogens is 342 g/mol. The molecule has 8 heteroatoms. The third-order valence-electron chi connectivity index (χ3n) is 4.60. The monoisotopic (exact) mass is 363 g/mol. The molecule has 3 aromatic rings. The van der Waals surface area contributed by atoms with Crippen LogP contribution in [0.4, 0.5) is 10.5 Å². The Kier molecular flexibility index (Phi) is 5.06.